The molecule has 1 heterocycles. The molecule has 1 aromatic heterocycles. The second-order valence-corrected chi connectivity index (χ2v) is 5.08. The fraction of sp³-hybridized carbons (Fsp3) is 0.200. The number of nitrogens with one attached hydrogen (secondary N) is 2. The Morgan fingerprint density at radius 1 is 1.25 bits per heavy atom. The van der Waals surface area contributed by atoms with Crippen LogP contribution in [0.25, 0.3) is 0 Å². The number of aromatic nitrogens is 1. The second-order valence-electron chi connectivity index (χ2n) is 4.68. The van der Waals surface area contributed by atoms with E-state index in [2.05, 4.69) is 34.3 Å². The van der Waals surface area contributed by atoms with E-state index in [-0.39, 0.29) is 0 Å². The summed E-state index contributed by atoms with van der Waals surface area (Å²) in [5.41, 5.74) is 4.77. The topological polar surface area (TPSA) is 41.4 Å². The molecule has 2 N–H and O–H groups in total. The van der Waals surface area contributed by atoms with Crippen LogP contribution in [0.2, 0.25) is 0 Å². The van der Waals surface area contributed by atoms with Gasteiger partial charge < -0.3 is 9.88 Å². The van der Waals surface area contributed by atoms with E-state index in [4.69, 9.17) is 12.2 Å². The van der Waals surface area contributed by atoms with Gasteiger partial charge in [-0.15, -0.1) is 0 Å². The van der Waals surface area contributed by atoms with Gasteiger partial charge in [0.05, 0.1) is 6.21 Å². The number of anilines is 1. The zero-order valence-corrected chi connectivity index (χ0v) is 12.4. The number of benzene rings is 1. The molecule has 1 aromatic carbocycles. The van der Waals surface area contributed by atoms with Crippen LogP contribution < -0.4 is 10.7 Å². The molecule has 0 aliphatic rings. The van der Waals surface area contributed by atoms with E-state index in [1.807, 2.05) is 48.8 Å². The van der Waals surface area contributed by atoms with Crippen molar-refractivity contribution in [2.24, 2.45) is 5.10 Å². The molecule has 0 atom stereocenters. The average Bonchev–Trinajstić information content (AvgIpc) is 2.89. The fourth-order valence-corrected chi connectivity index (χ4v) is 1.84. The number of nitrogens with zero attached hydrogens (tertiary/aromatic N) is 2. The van der Waals surface area contributed by atoms with Gasteiger partial charge in [-0.25, -0.2) is 0 Å². The maximum absolute atomic E-state index is 5.16. The van der Waals surface area contributed by atoms with Crippen LogP contribution in [-0.4, -0.2) is 15.9 Å². The quantitative estimate of drug-likeness (QED) is 0.514. The molecule has 0 saturated carbocycles. The molecule has 4 nitrogen and oxygen atoms in total. The summed E-state index contributed by atoms with van der Waals surface area (Å²) < 4.78 is 2.13. The summed E-state index contributed by atoms with van der Waals surface area (Å²) in [6.45, 7) is 4.27. The predicted molar refractivity (Wildman–Crippen MR) is 88.2 cm³/mol. The largest absolute Gasteiger partial charge is 0.351 e. The Balaban J connectivity index is 1.84. The van der Waals surface area contributed by atoms with Crippen LogP contribution in [0.15, 0.2) is 53.9 Å². The maximum atomic E-state index is 5.16. The van der Waals surface area contributed by atoms with Crippen LogP contribution in [-0.2, 0) is 0 Å². The van der Waals surface area contributed by atoms with Crippen molar-refractivity contribution in [2.75, 3.05) is 5.32 Å². The van der Waals surface area contributed by atoms with E-state index in [1.165, 1.54) is 0 Å². The van der Waals surface area contributed by atoms with E-state index in [1.54, 1.807) is 6.21 Å². The van der Waals surface area contributed by atoms with Crippen molar-refractivity contribution < 1.29 is 0 Å². The zero-order chi connectivity index (χ0) is 14.4. The molecule has 0 fully saturated rings. The van der Waals surface area contributed by atoms with Crippen LogP contribution in [0.4, 0.5) is 5.69 Å². The third-order valence-electron chi connectivity index (χ3n) is 2.74. The van der Waals surface area contributed by atoms with Crippen LogP contribution >= 0.6 is 12.2 Å². The highest BCUT2D eigenvalue weighted by molar-refractivity contribution is 7.80. The Morgan fingerprint density at radius 3 is 2.65 bits per heavy atom. The number of para-hydroxylation sites is 1. The number of hydrogen-bond donors (Lipinski definition) is 2. The predicted octanol–water partition coefficient (Wildman–Crippen LogP) is 3.39. The van der Waals surface area contributed by atoms with Crippen molar-refractivity contribution in [3.63, 3.8) is 0 Å². The van der Waals surface area contributed by atoms with Gasteiger partial charge >= 0.3 is 0 Å². The lowest BCUT2D eigenvalue weighted by Crippen LogP contribution is -2.23. The highest BCUT2D eigenvalue weighted by Crippen LogP contribution is 2.07. The summed E-state index contributed by atoms with van der Waals surface area (Å²) in [6, 6.07) is 12.2. The van der Waals surface area contributed by atoms with E-state index >= 15 is 0 Å². The van der Waals surface area contributed by atoms with Crippen molar-refractivity contribution in [1.82, 2.24) is 9.99 Å². The molecule has 0 amide bonds. The summed E-state index contributed by atoms with van der Waals surface area (Å²) in [5, 5.41) is 7.64. The molecule has 0 radical (unpaired) electrons. The van der Waals surface area contributed by atoms with Gasteiger partial charge in [0, 0.05) is 29.7 Å². The van der Waals surface area contributed by atoms with Gasteiger partial charge in [-0.05, 0) is 44.3 Å². The van der Waals surface area contributed by atoms with Crippen molar-refractivity contribution in [1.29, 1.82) is 0 Å². The van der Waals surface area contributed by atoms with Crippen molar-refractivity contribution in [2.45, 2.75) is 19.9 Å². The zero-order valence-electron chi connectivity index (χ0n) is 11.6. The molecule has 104 valence electrons. The van der Waals surface area contributed by atoms with Gasteiger partial charge in [0.2, 0.25) is 0 Å². The Labute approximate surface area is 124 Å². The van der Waals surface area contributed by atoms with E-state index in [9.17, 15) is 0 Å². The highest BCUT2D eigenvalue weighted by Gasteiger charge is 1.98. The van der Waals surface area contributed by atoms with Crippen LogP contribution in [0, 0.1) is 0 Å². The molecule has 0 aliphatic heterocycles. The second kappa shape index (κ2) is 6.86. The van der Waals surface area contributed by atoms with Crippen LogP contribution in [0.5, 0.6) is 0 Å². The summed E-state index contributed by atoms with van der Waals surface area (Å²) in [5.74, 6) is 0. The normalized spacial score (nSPS) is 10.9. The lowest BCUT2D eigenvalue weighted by molar-refractivity contribution is 0.603. The summed E-state index contributed by atoms with van der Waals surface area (Å²) in [4.78, 5) is 0. The smallest absolute Gasteiger partial charge is 0.191 e. The summed E-state index contributed by atoms with van der Waals surface area (Å²) in [6.07, 6.45) is 5.83. The maximum Gasteiger partial charge on any atom is 0.191 e. The minimum Gasteiger partial charge on any atom is -0.351 e. The molecule has 0 spiro atoms. The first kappa shape index (κ1) is 14.3. The number of hydrazone groups is 1. The monoisotopic (exact) mass is 286 g/mol. The fourth-order valence-electron chi connectivity index (χ4n) is 1.67. The van der Waals surface area contributed by atoms with Crippen molar-refractivity contribution in [3.8, 4) is 0 Å². The Hall–Kier alpha value is -2.14. The molecule has 20 heavy (non-hydrogen) atoms. The molecule has 0 saturated heterocycles. The molecule has 2 rings (SSSR count). The Morgan fingerprint density at radius 2 is 2.00 bits per heavy atom. The van der Waals surface area contributed by atoms with Crippen molar-refractivity contribution in [3.05, 3.63) is 54.4 Å². The van der Waals surface area contributed by atoms with Gasteiger partial charge in [0.15, 0.2) is 5.11 Å². The minimum absolute atomic E-state index is 0.450. The first-order valence-electron chi connectivity index (χ1n) is 6.48. The number of rotatable bonds is 4. The van der Waals surface area contributed by atoms with Gasteiger partial charge in [0.1, 0.15) is 0 Å². The Bertz CT molecular complexity index is 587. The van der Waals surface area contributed by atoms with Crippen LogP contribution in [0.1, 0.15) is 25.5 Å². The lowest BCUT2D eigenvalue weighted by Gasteiger charge is -2.06. The molecule has 0 aliphatic carbocycles. The molecule has 0 bridgehead atoms. The lowest BCUT2D eigenvalue weighted by atomic mass is 10.3. The SMILES string of the molecule is CC(C)n1ccc(/C=N/NC(=S)Nc2ccccc2)c1. The number of hydrogen-bond acceptors (Lipinski definition) is 2. The van der Waals surface area contributed by atoms with E-state index in [0.29, 0.717) is 11.2 Å². The third-order valence-corrected chi connectivity index (χ3v) is 2.94. The number of thiocarbonyl (C=S) groups is 1. The molecule has 0 unspecified atom stereocenters. The summed E-state index contributed by atoms with van der Waals surface area (Å²) in [7, 11) is 0. The Kier molecular flexibility index (Phi) is 4.90. The van der Waals surface area contributed by atoms with Gasteiger partial charge in [0.25, 0.3) is 0 Å². The molecular weight excluding hydrogens is 268 g/mol. The standard InChI is InChI=1S/C15H18N4S/c1-12(2)19-9-8-13(11-19)10-16-18-15(20)17-14-6-4-3-5-7-14/h3-12H,1-2H3,(H2,17,18,20)/b16-10+. The van der Waals surface area contributed by atoms with Gasteiger partial charge in [-0.1, -0.05) is 18.2 Å². The summed E-state index contributed by atoms with van der Waals surface area (Å²) >= 11 is 5.16. The van der Waals surface area contributed by atoms with Crippen LogP contribution in [0.3, 0.4) is 0 Å². The van der Waals surface area contributed by atoms with Gasteiger partial charge in [-0.2, -0.15) is 5.10 Å². The highest BCUT2D eigenvalue weighted by atomic mass is 32.1. The first-order chi connectivity index (χ1) is 9.65. The average molecular weight is 286 g/mol. The minimum atomic E-state index is 0.450. The molecule has 2 aromatic rings. The van der Waals surface area contributed by atoms with Gasteiger partial charge in [-0.3, -0.25) is 5.43 Å². The molecule has 5 heteroatoms. The first-order valence-corrected chi connectivity index (χ1v) is 6.88. The van der Waals surface area contributed by atoms with Crippen molar-refractivity contribution >= 4 is 29.2 Å². The van der Waals surface area contributed by atoms with E-state index in [0.717, 1.165) is 11.3 Å². The van der Waals surface area contributed by atoms with E-state index < -0.39 is 0 Å². The molecular formula is C15H18N4S. The third kappa shape index (κ3) is 4.20.